The van der Waals surface area contributed by atoms with Crippen molar-refractivity contribution in [2.45, 2.75) is 0 Å². The predicted molar refractivity (Wildman–Crippen MR) is 45.2 cm³/mol. The van der Waals surface area contributed by atoms with Gasteiger partial charge in [-0.2, -0.15) is 0 Å². The third kappa shape index (κ3) is 3.33. The Morgan fingerprint density at radius 3 is 2.00 bits per heavy atom. The Bertz CT molecular complexity index is 344. The Labute approximate surface area is 78.9 Å². The minimum atomic E-state index is -4.57. The van der Waals surface area contributed by atoms with E-state index in [9.17, 15) is 4.57 Å². The van der Waals surface area contributed by atoms with Gasteiger partial charge in [0.15, 0.2) is 0 Å². The number of phosphoric ester groups is 1. The minimum Gasteiger partial charge on any atom is -0.404 e. The predicted octanol–water partition coefficient (Wildman–Crippen LogP) is 0.743. The van der Waals surface area contributed by atoms with Gasteiger partial charge in [0.2, 0.25) is 0 Å². The zero-order valence-corrected chi connectivity index (χ0v) is 7.70. The van der Waals surface area contributed by atoms with Crippen LogP contribution in [0, 0.1) is 0 Å². The molecular weight excluding hydrogens is 213 g/mol. The highest BCUT2D eigenvalue weighted by molar-refractivity contribution is 7.46. The molecule has 1 aromatic carbocycles. The lowest BCUT2D eigenvalue weighted by Gasteiger charge is -2.09. The summed E-state index contributed by atoms with van der Waals surface area (Å²) in [6.45, 7) is 0. The van der Waals surface area contributed by atoms with Gasteiger partial charge in [0.1, 0.15) is 5.75 Å². The van der Waals surface area contributed by atoms with Crippen LogP contribution in [0.1, 0.15) is 0 Å². The molecule has 0 spiro atoms. The summed E-state index contributed by atoms with van der Waals surface area (Å²) in [5.74, 6) is -0.0658. The number of rotatable bonds is 3. The molecule has 0 fully saturated rings. The molecule has 0 atom stereocenters. The quantitative estimate of drug-likeness (QED) is 0.440. The maximum Gasteiger partial charge on any atom is 0.524 e. The highest BCUT2D eigenvalue weighted by Crippen LogP contribution is 2.37. The molecule has 0 bridgehead atoms. The monoisotopic (exact) mass is 221 g/mol. The summed E-state index contributed by atoms with van der Waals surface area (Å²) in [6, 6.07) is 4.80. The second kappa shape index (κ2) is 3.95. The molecule has 0 heterocycles. The Kier molecular flexibility index (Phi) is 3.10. The Hall–Kier alpha value is -1.11. The number of anilines is 1. The first-order valence-corrected chi connectivity index (χ1v) is 4.94. The van der Waals surface area contributed by atoms with E-state index in [4.69, 9.17) is 20.2 Å². The summed E-state index contributed by atoms with van der Waals surface area (Å²) in [5.41, 5.74) is 0.0445. The molecule has 0 aliphatic carbocycles. The van der Waals surface area contributed by atoms with Crippen LogP contribution in [0.3, 0.4) is 0 Å². The zero-order chi connectivity index (χ0) is 10.8. The Morgan fingerprint density at radius 2 is 1.64 bits per heavy atom. The van der Waals surface area contributed by atoms with Crippen molar-refractivity contribution in [3.05, 3.63) is 24.3 Å². The molecule has 0 saturated heterocycles. The maximum atomic E-state index is 10.4. The van der Waals surface area contributed by atoms with Gasteiger partial charge in [-0.25, -0.2) is 4.57 Å². The fourth-order valence-electron chi connectivity index (χ4n) is 0.778. The number of hydrogen-bond acceptors (Lipinski definition) is 5. The highest BCUT2D eigenvalue weighted by atomic mass is 31.2. The molecule has 0 radical (unpaired) electrons. The van der Waals surface area contributed by atoms with E-state index in [1.54, 1.807) is 0 Å². The van der Waals surface area contributed by atoms with Crippen LogP contribution in [0.25, 0.3) is 0 Å². The third-order valence-electron chi connectivity index (χ3n) is 1.29. The molecule has 0 unspecified atom stereocenters. The van der Waals surface area contributed by atoms with Gasteiger partial charge in [0.05, 0.1) is 5.69 Å². The van der Waals surface area contributed by atoms with E-state index in [0.717, 1.165) is 0 Å². The van der Waals surface area contributed by atoms with Gasteiger partial charge < -0.3 is 4.52 Å². The number of hydrogen-bond donors (Lipinski definition) is 4. The molecule has 0 aliphatic rings. The van der Waals surface area contributed by atoms with E-state index in [1.165, 1.54) is 24.3 Å². The van der Waals surface area contributed by atoms with Crippen LogP contribution >= 0.6 is 7.82 Å². The molecule has 0 saturated carbocycles. The van der Waals surface area contributed by atoms with Gasteiger partial charge in [-0.05, 0) is 24.3 Å². The fraction of sp³-hybridized carbons (Fsp3) is 0. The average Bonchev–Trinajstić information content (AvgIpc) is 2.02. The first kappa shape index (κ1) is 11.0. The molecule has 7 nitrogen and oxygen atoms in total. The molecular formula is C6H8NO6P. The molecule has 4 N–H and O–H groups in total. The minimum absolute atomic E-state index is 0.0445. The standard InChI is InChI=1S/C6H8NO6P/c8-7(9)5-1-3-6(4-2-5)13-14(10,11)12/h1-4,8-9H,(H2,10,11,12). The van der Waals surface area contributed by atoms with Crippen LogP contribution < -0.4 is 9.75 Å². The van der Waals surface area contributed by atoms with Crippen molar-refractivity contribution in [1.29, 1.82) is 0 Å². The molecule has 1 rings (SSSR count). The topological polar surface area (TPSA) is 110 Å². The molecule has 78 valence electrons. The first-order chi connectivity index (χ1) is 6.38. The lowest BCUT2D eigenvalue weighted by molar-refractivity contribution is 0.0291. The SMILES string of the molecule is O=P(O)(O)Oc1ccc(N(O)O)cc1. The summed E-state index contributed by atoms with van der Waals surface area (Å²) < 4.78 is 14.6. The van der Waals surface area contributed by atoms with E-state index in [2.05, 4.69) is 4.52 Å². The van der Waals surface area contributed by atoms with E-state index in [1.807, 2.05) is 0 Å². The van der Waals surface area contributed by atoms with Gasteiger partial charge in [-0.3, -0.25) is 20.2 Å². The molecule has 1 aromatic rings. The van der Waals surface area contributed by atoms with Crippen molar-refractivity contribution < 1.29 is 29.3 Å². The summed E-state index contributed by atoms with van der Waals surface area (Å²) in [6.07, 6.45) is 0. The lowest BCUT2D eigenvalue weighted by Crippen LogP contribution is -2.10. The molecule has 0 aliphatic heterocycles. The van der Waals surface area contributed by atoms with Crippen molar-refractivity contribution in [2.24, 2.45) is 0 Å². The summed E-state index contributed by atoms with van der Waals surface area (Å²) >= 11 is 0. The normalized spacial score (nSPS) is 11.1. The highest BCUT2D eigenvalue weighted by Gasteiger charge is 2.15. The first-order valence-electron chi connectivity index (χ1n) is 3.41. The average molecular weight is 221 g/mol. The second-order valence-electron chi connectivity index (χ2n) is 2.37. The van der Waals surface area contributed by atoms with Gasteiger partial charge in [-0.15, -0.1) is 5.23 Å². The molecule has 0 amide bonds. The zero-order valence-electron chi connectivity index (χ0n) is 6.81. The fourth-order valence-corrected chi connectivity index (χ4v) is 1.17. The van der Waals surface area contributed by atoms with E-state index >= 15 is 0 Å². The smallest absolute Gasteiger partial charge is 0.404 e. The number of nitrogens with zero attached hydrogens (tertiary/aromatic N) is 1. The van der Waals surface area contributed by atoms with Gasteiger partial charge >= 0.3 is 7.82 Å². The van der Waals surface area contributed by atoms with Gasteiger partial charge in [-0.1, -0.05) is 0 Å². The van der Waals surface area contributed by atoms with Crippen LogP contribution in [-0.2, 0) is 4.57 Å². The van der Waals surface area contributed by atoms with Crippen LogP contribution in [-0.4, -0.2) is 20.2 Å². The van der Waals surface area contributed by atoms with Crippen molar-refractivity contribution in [3.8, 4) is 5.75 Å². The van der Waals surface area contributed by atoms with E-state index < -0.39 is 7.82 Å². The Morgan fingerprint density at radius 1 is 1.14 bits per heavy atom. The summed E-state index contributed by atoms with van der Waals surface area (Å²) in [7, 11) is -4.57. The van der Waals surface area contributed by atoms with Crippen molar-refractivity contribution in [2.75, 3.05) is 5.23 Å². The van der Waals surface area contributed by atoms with Crippen LogP contribution in [0.4, 0.5) is 5.69 Å². The number of phosphoric acid groups is 1. The van der Waals surface area contributed by atoms with Crippen molar-refractivity contribution >= 4 is 13.5 Å². The molecule has 0 aromatic heterocycles. The lowest BCUT2D eigenvalue weighted by atomic mass is 10.3. The number of benzene rings is 1. The molecule has 14 heavy (non-hydrogen) atoms. The van der Waals surface area contributed by atoms with E-state index in [-0.39, 0.29) is 16.7 Å². The Balaban J connectivity index is 2.79. The van der Waals surface area contributed by atoms with Crippen molar-refractivity contribution in [3.63, 3.8) is 0 Å². The van der Waals surface area contributed by atoms with Crippen LogP contribution in [0.2, 0.25) is 0 Å². The summed E-state index contributed by atoms with van der Waals surface area (Å²) in [5, 5.41) is 17.0. The van der Waals surface area contributed by atoms with Gasteiger partial charge in [0.25, 0.3) is 0 Å². The molecule has 8 heteroatoms. The van der Waals surface area contributed by atoms with Crippen LogP contribution in [0.5, 0.6) is 5.75 Å². The van der Waals surface area contributed by atoms with Gasteiger partial charge in [0, 0.05) is 0 Å². The third-order valence-corrected chi connectivity index (χ3v) is 1.74. The van der Waals surface area contributed by atoms with E-state index in [0.29, 0.717) is 0 Å². The summed E-state index contributed by atoms with van der Waals surface area (Å²) in [4.78, 5) is 16.9. The largest absolute Gasteiger partial charge is 0.524 e. The van der Waals surface area contributed by atoms with Crippen molar-refractivity contribution in [1.82, 2.24) is 0 Å². The van der Waals surface area contributed by atoms with Crippen LogP contribution in [0.15, 0.2) is 24.3 Å². The second-order valence-corrected chi connectivity index (χ2v) is 3.53. The maximum absolute atomic E-state index is 10.4.